The Morgan fingerprint density at radius 2 is 2.21 bits per heavy atom. The van der Waals surface area contributed by atoms with Crippen molar-refractivity contribution in [3.05, 3.63) is 41.1 Å². The summed E-state index contributed by atoms with van der Waals surface area (Å²) in [5.74, 6) is 0. The zero-order chi connectivity index (χ0) is 9.76. The fourth-order valence-corrected chi connectivity index (χ4v) is 1.93. The fraction of sp³-hybridized carbons (Fsp3) is 0.182. The number of hydrogen-bond acceptors (Lipinski definition) is 3. The van der Waals surface area contributed by atoms with Gasteiger partial charge in [0, 0.05) is 11.3 Å². The van der Waals surface area contributed by atoms with Gasteiger partial charge in [-0.1, -0.05) is 24.3 Å². The fourth-order valence-electron chi connectivity index (χ4n) is 1.93. The molecule has 3 rings (SSSR count). The third-order valence-electron chi connectivity index (χ3n) is 2.64. The zero-order valence-electron chi connectivity index (χ0n) is 7.69. The molecule has 1 unspecified atom stereocenters. The topological polar surface area (TPSA) is 39.3 Å². The molecule has 2 heterocycles. The molecule has 0 saturated carbocycles. The van der Waals surface area contributed by atoms with Gasteiger partial charge < -0.3 is 0 Å². The molecule has 1 fully saturated rings. The molecule has 68 valence electrons. The van der Waals surface area contributed by atoms with E-state index >= 15 is 0 Å². The molecule has 0 aromatic heterocycles. The lowest BCUT2D eigenvalue weighted by molar-refractivity contribution is 0.236. The SMILES string of the molecule is CC1=Cc2ccccc2C2(C#N)ON12. The molecule has 0 bridgehead atoms. The van der Waals surface area contributed by atoms with Gasteiger partial charge in [0.2, 0.25) is 0 Å². The summed E-state index contributed by atoms with van der Waals surface area (Å²) >= 11 is 0. The monoisotopic (exact) mass is 184 g/mol. The Kier molecular flexibility index (Phi) is 1.18. The van der Waals surface area contributed by atoms with E-state index in [2.05, 4.69) is 6.07 Å². The number of rotatable bonds is 0. The Labute approximate surface area is 81.8 Å². The van der Waals surface area contributed by atoms with Crippen LogP contribution >= 0.6 is 0 Å². The molecule has 0 amide bonds. The number of fused-ring (bicyclic) bond motifs is 3. The molecule has 0 N–H and O–H groups in total. The lowest BCUT2D eigenvalue weighted by atomic mass is 9.96. The molecular formula is C11H8N2O. The predicted octanol–water partition coefficient (Wildman–Crippen LogP) is 1.98. The van der Waals surface area contributed by atoms with E-state index in [1.165, 1.54) is 0 Å². The summed E-state index contributed by atoms with van der Waals surface area (Å²) in [5, 5.41) is 10.8. The number of hydroxylamine groups is 2. The summed E-state index contributed by atoms with van der Waals surface area (Å²) < 4.78 is 0. The Morgan fingerprint density at radius 1 is 1.43 bits per heavy atom. The average molecular weight is 184 g/mol. The van der Waals surface area contributed by atoms with Gasteiger partial charge in [0.1, 0.15) is 6.07 Å². The molecule has 0 spiro atoms. The van der Waals surface area contributed by atoms with Crippen molar-refractivity contribution in [1.29, 1.82) is 5.26 Å². The van der Waals surface area contributed by atoms with E-state index in [4.69, 9.17) is 10.1 Å². The highest BCUT2D eigenvalue weighted by Gasteiger charge is 2.60. The van der Waals surface area contributed by atoms with Crippen LogP contribution in [0.2, 0.25) is 0 Å². The first-order valence-corrected chi connectivity index (χ1v) is 4.46. The molecule has 2 aliphatic rings. The van der Waals surface area contributed by atoms with Gasteiger partial charge in [0.05, 0.1) is 0 Å². The molecule has 2 aliphatic heterocycles. The van der Waals surface area contributed by atoms with Gasteiger partial charge in [-0.05, 0) is 18.6 Å². The Balaban J connectivity index is 2.29. The smallest absolute Gasteiger partial charge is 0.218 e. The van der Waals surface area contributed by atoms with Crippen molar-refractivity contribution in [3.63, 3.8) is 0 Å². The minimum Gasteiger partial charge on any atom is -0.218 e. The molecule has 0 aliphatic carbocycles. The van der Waals surface area contributed by atoms with E-state index in [0.717, 1.165) is 16.8 Å². The standard InChI is InChI=1S/C11H8N2O/c1-8-6-9-4-2-3-5-10(9)11(7-12)13(8)14-11/h2-6H,1H3. The molecule has 1 saturated heterocycles. The lowest BCUT2D eigenvalue weighted by Gasteiger charge is -2.14. The number of nitrogens with zero attached hydrogens (tertiary/aromatic N) is 2. The maximum atomic E-state index is 9.11. The van der Waals surface area contributed by atoms with E-state index in [1.54, 1.807) is 5.06 Å². The van der Waals surface area contributed by atoms with E-state index in [1.807, 2.05) is 37.3 Å². The largest absolute Gasteiger partial charge is 0.302 e. The second-order valence-corrected chi connectivity index (χ2v) is 3.51. The van der Waals surface area contributed by atoms with Gasteiger partial charge in [-0.25, -0.2) is 9.90 Å². The normalized spacial score (nSPS) is 27.1. The molecular weight excluding hydrogens is 176 g/mol. The third kappa shape index (κ3) is 0.699. The van der Waals surface area contributed by atoms with Crippen molar-refractivity contribution in [2.75, 3.05) is 0 Å². The van der Waals surface area contributed by atoms with Gasteiger partial charge in [-0.3, -0.25) is 0 Å². The Morgan fingerprint density at radius 3 is 3.00 bits per heavy atom. The van der Waals surface area contributed by atoms with Crippen molar-refractivity contribution >= 4 is 6.08 Å². The van der Waals surface area contributed by atoms with Crippen LogP contribution < -0.4 is 0 Å². The highest BCUT2D eigenvalue weighted by atomic mass is 16.9. The molecule has 3 nitrogen and oxygen atoms in total. The van der Waals surface area contributed by atoms with Crippen molar-refractivity contribution in [3.8, 4) is 6.07 Å². The lowest BCUT2D eigenvalue weighted by Crippen LogP contribution is -2.17. The number of benzene rings is 1. The zero-order valence-corrected chi connectivity index (χ0v) is 7.69. The van der Waals surface area contributed by atoms with E-state index < -0.39 is 5.72 Å². The minimum absolute atomic E-state index is 0.838. The van der Waals surface area contributed by atoms with Crippen LogP contribution in [0.15, 0.2) is 30.0 Å². The second-order valence-electron chi connectivity index (χ2n) is 3.51. The van der Waals surface area contributed by atoms with Crippen LogP contribution in [-0.2, 0) is 10.6 Å². The number of nitriles is 1. The second kappa shape index (κ2) is 2.17. The molecule has 0 radical (unpaired) electrons. The van der Waals surface area contributed by atoms with E-state index in [9.17, 15) is 0 Å². The van der Waals surface area contributed by atoms with E-state index in [-0.39, 0.29) is 0 Å². The quantitative estimate of drug-likeness (QED) is 0.579. The number of allylic oxidation sites excluding steroid dienone is 1. The summed E-state index contributed by atoms with van der Waals surface area (Å²) in [5.41, 5.74) is 2.15. The van der Waals surface area contributed by atoms with Crippen LogP contribution in [0.5, 0.6) is 0 Å². The van der Waals surface area contributed by atoms with Crippen molar-refractivity contribution < 1.29 is 4.84 Å². The van der Waals surface area contributed by atoms with Crippen LogP contribution in [0.25, 0.3) is 6.08 Å². The van der Waals surface area contributed by atoms with Crippen LogP contribution in [0.1, 0.15) is 18.1 Å². The summed E-state index contributed by atoms with van der Waals surface area (Å²) in [6.07, 6.45) is 2.03. The highest BCUT2D eigenvalue weighted by molar-refractivity contribution is 5.63. The maximum Gasteiger partial charge on any atom is 0.302 e. The van der Waals surface area contributed by atoms with E-state index in [0.29, 0.717) is 0 Å². The first kappa shape index (κ1) is 7.60. The van der Waals surface area contributed by atoms with Gasteiger partial charge in [-0.15, -0.1) is 0 Å². The molecule has 1 aromatic rings. The average Bonchev–Trinajstić information content (AvgIpc) is 2.95. The van der Waals surface area contributed by atoms with Crippen LogP contribution in [-0.4, -0.2) is 5.06 Å². The number of hydrogen-bond donors (Lipinski definition) is 0. The maximum absolute atomic E-state index is 9.11. The molecule has 14 heavy (non-hydrogen) atoms. The van der Waals surface area contributed by atoms with Crippen LogP contribution in [0.3, 0.4) is 0 Å². The van der Waals surface area contributed by atoms with Gasteiger partial charge in [0.25, 0.3) is 0 Å². The predicted molar refractivity (Wildman–Crippen MR) is 50.3 cm³/mol. The Bertz CT molecular complexity index is 486. The minimum atomic E-state index is -0.838. The summed E-state index contributed by atoms with van der Waals surface area (Å²) in [4.78, 5) is 5.36. The summed E-state index contributed by atoms with van der Waals surface area (Å²) in [7, 11) is 0. The third-order valence-corrected chi connectivity index (χ3v) is 2.64. The Hall–Kier alpha value is -1.79. The molecule has 1 aromatic carbocycles. The van der Waals surface area contributed by atoms with Crippen LogP contribution in [0, 0.1) is 11.3 Å². The van der Waals surface area contributed by atoms with Gasteiger partial charge in [-0.2, -0.15) is 5.26 Å². The van der Waals surface area contributed by atoms with Crippen molar-refractivity contribution in [2.24, 2.45) is 0 Å². The molecule has 1 atom stereocenters. The summed E-state index contributed by atoms with van der Waals surface area (Å²) in [6, 6.07) is 10.0. The van der Waals surface area contributed by atoms with Crippen LogP contribution in [0.4, 0.5) is 0 Å². The molecule has 3 heteroatoms. The van der Waals surface area contributed by atoms with Gasteiger partial charge >= 0.3 is 5.72 Å². The first-order valence-electron chi connectivity index (χ1n) is 4.46. The highest BCUT2D eigenvalue weighted by Crippen LogP contribution is 2.51. The first-order chi connectivity index (χ1) is 6.78. The van der Waals surface area contributed by atoms with Crippen molar-refractivity contribution in [2.45, 2.75) is 12.6 Å². The van der Waals surface area contributed by atoms with Gasteiger partial charge in [0.15, 0.2) is 0 Å². The van der Waals surface area contributed by atoms with Crippen molar-refractivity contribution in [1.82, 2.24) is 5.06 Å². The summed E-state index contributed by atoms with van der Waals surface area (Å²) in [6.45, 7) is 1.94.